The molecule has 0 fully saturated rings. The Balaban J connectivity index is 2.63. The van der Waals surface area contributed by atoms with Gasteiger partial charge >= 0.3 is 0 Å². The van der Waals surface area contributed by atoms with E-state index in [1.54, 1.807) is 0 Å². The Morgan fingerprint density at radius 3 is 2.69 bits per heavy atom. The van der Waals surface area contributed by atoms with Crippen molar-refractivity contribution in [3.63, 3.8) is 0 Å². The Morgan fingerprint density at radius 2 is 2.12 bits per heavy atom. The van der Waals surface area contributed by atoms with Crippen LogP contribution in [-0.4, -0.2) is 17.1 Å². The smallest absolute Gasteiger partial charge is 0.141 e. The van der Waals surface area contributed by atoms with E-state index in [9.17, 15) is 0 Å². The number of anilines is 1. The predicted molar refractivity (Wildman–Crippen MR) is 67.0 cm³/mol. The highest BCUT2D eigenvalue weighted by molar-refractivity contribution is 5.80. The van der Waals surface area contributed by atoms with Crippen molar-refractivity contribution in [2.24, 2.45) is 10.9 Å². The highest BCUT2D eigenvalue weighted by atomic mass is 16.4. The lowest BCUT2D eigenvalue weighted by Crippen LogP contribution is -2.24. The monoisotopic (exact) mass is 221 g/mol. The standard InChI is InChI=1S/C12H19N3O/c1-8-4-5-11(6-9(8)2)14-10(3)7-12(13)15-16/h4-6,10,14,16H,7H2,1-3H3,(H2,13,15). The topological polar surface area (TPSA) is 70.6 Å². The third-order valence-electron chi connectivity index (χ3n) is 2.56. The molecule has 0 amide bonds. The summed E-state index contributed by atoms with van der Waals surface area (Å²) in [5.74, 6) is 0.240. The lowest BCUT2D eigenvalue weighted by Gasteiger charge is -2.15. The van der Waals surface area contributed by atoms with Gasteiger partial charge in [0.2, 0.25) is 0 Å². The maximum absolute atomic E-state index is 8.47. The van der Waals surface area contributed by atoms with Gasteiger partial charge in [0.05, 0.1) is 0 Å². The quantitative estimate of drug-likeness (QED) is 0.316. The minimum Gasteiger partial charge on any atom is -0.409 e. The van der Waals surface area contributed by atoms with Gasteiger partial charge in [-0.15, -0.1) is 0 Å². The summed E-state index contributed by atoms with van der Waals surface area (Å²) < 4.78 is 0. The molecule has 0 saturated heterocycles. The molecule has 4 nitrogen and oxygen atoms in total. The van der Waals surface area contributed by atoms with Crippen LogP contribution < -0.4 is 11.1 Å². The van der Waals surface area contributed by atoms with Crippen LogP contribution in [0.15, 0.2) is 23.4 Å². The van der Waals surface area contributed by atoms with Gasteiger partial charge in [-0.3, -0.25) is 0 Å². The largest absolute Gasteiger partial charge is 0.409 e. The summed E-state index contributed by atoms with van der Waals surface area (Å²) in [7, 11) is 0. The number of amidine groups is 1. The van der Waals surface area contributed by atoms with Gasteiger partial charge in [0, 0.05) is 18.2 Å². The summed E-state index contributed by atoms with van der Waals surface area (Å²) in [4.78, 5) is 0. The predicted octanol–water partition coefficient (Wildman–Crippen LogP) is 2.24. The third kappa shape index (κ3) is 3.46. The molecule has 4 heteroatoms. The molecular weight excluding hydrogens is 202 g/mol. The molecule has 0 aliphatic carbocycles. The number of hydrogen-bond donors (Lipinski definition) is 3. The average Bonchev–Trinajstić information content (AvgIpc) is 2.23. The van der Waals surface area contributed by atoms with E-state index in [-0.39, 0.29) is 11.9 Å². The lowest BCUT2D eigenvalue weighted by molar-refractivity contribution is 0.316. The van der Waals surface area contributed by atoms with Crippen molar-refractivity contribution in [1.29, 1.82) is 0 Å². The van der Waals surface area contributed by atoms with E-state index in [0.717, 1.165) is 5.69 Å². The molecule has 0 bridgehead atoms. The number of benzene rings is 1. The minimum absolute atomic E-state index is 0.137. The normalized spacial score (nSPS) is 13.6. The van der Waals surface area contributed by atoms with Gasteiger partial charge in [-0.05, 0) is 44.0 Å². The van der Waals surface area contributed by atoms with Crippen LogP contribution in [0.5, 0.6) is 0 Å². The van der Waals surface area contributed by atoms with Crippen LogP contribution in [0.4, 0.5) is 5.69 Å². The van der Waals surface area contributed by atoms with Crippen molar-refractivity contribution < 1.29 is 5.21 Å². The summed E-state index contributed by atoms with van der Waals surface area (Å²) in [5.41, 5.74) is 9.02. The molecule has 0 aliphatic heterocycles. The van der Waals surface area contributed by atoms with Crippen molar-refractivity contribution in [1.82, 2.24) is 0 Å². The molecule has 1 unspecified atom stereocenters. The summed E-state index contributed by atoms with van der Waals surface area (Å²) in [6.07, 6.45) is 0.517. The molecule has 88 valence electrons. The number of nitrogens with zero attached hydrogens (tertiary/aromatic N) is 1. The summed E-state index contributed by atoms with van der Waals surface area (Å²) >= 11 is 0. The van der Waals surface area contributed by atoms with Crippen molar-refractivity contribution in [2.75, 3.05) is 5.32 Å². The fourth-order valence-corrected chi connectivity index (χ4v) is 1.52. The highest BCUT2D eigenvalue weighted by Crippen LogP contribution is 2.15. The van der Waals surface area contributed by atoms with Crippen LogP contribution in [0.2, 0.25) is 0 Å². The molecule has 16 heavy (non-hydrogen) atoms. The van der Waals surface area contributed by atoms with Gasteiger partial charge in [-0.1, -0.05) is 11.2 Å². The number of aryl methyl sites for hydroxylation is 2. The van der Waals surface area contributed by atoms with E-state index < -0.39 is 0 Å². The minimum atomic E-state index is 0.137. The first-order valence-electron chi connectivity index (χ1n) is 5.33. The second kappa shape index (κ2) is 5.39. The molecule has 1 rings (SSSR count). The van der Waals surface area contributed by atoms with Gasteiger partial charge in [0.15, 0.2) is 0 Å². The number of rotatable bonds is 4. The Kier molecular flexibility index (Phi) is 4.17. The first kappa shape index (κ1) is 12.4. The van der Waals surface area contributed by atoms with Crippen molar-refractivity contribution >= 4 is 11.5 Å². The molecule has 0 aliphatic rings. The van der Waals surface area contributed by atoms with Crippen LogP contribution in [0.3, 0.4) is 0 Å². The van der Waals surface area contributed by atoms with E-state index in [1.807, 2.05) is 13.0 Å². The Labute approximate surface area is 96.2 Å². The van der Waals surface area contributed by atoms with E-state index >= 15 is 0 Å². The molecule has 0 spiro atoms. The average molecular weight is 221 g/mol. The molecule has 1 aromatic rings. The zero-order chi connectivity index (χ0) is 12.1. The molecule has 0 saturated carbocycles. The molecule has 1 atom stereocenters. The number of nitrogens with one attached hydrogen (secondary N) is 1. The fourth-order valence-electron chi connectivity index (χ4n) is 1.52. The zero-order valence-electron chi connectivity index (χ0n) is 9.99. The maximum atomic E-state index is 8.47. The second-order valence-electron chi connectivity index (χ2n) is 4.14. The first-order chi connectivity index (χ1) is 7.52. The number of oxime groups is 1. The molecule has 1 aromatic carbocycles. The fraction of sp³-hybridized carbons (Fsp3) is 0.417. The van der Waals surface area contributed by atoms with Crippen LogP contribution in [0, 0.1) is 13.8 Å². The summed E-state index contributed by atoms with van der Waals surface area (Å²) in [6, 6.07) is 6.34. The lowest BCUT2D eigenvalue weighted by atomic mass is 10.1. The second-order valence-corrected chi connectivity index (χ2v) is 4.14. The Bertz CT molecular complexity index is 388. The van der Waals surface area contributed by atoms with Crippen molar-refractivity contribution in [3.05, 3.63) is 29.3 Å². The van der Waals surface area contributed by atoms with Crippen LogP contribution in [0.1, 0.15) is 24.5 Å². The van der Waals surface area contributed by atoms with Crippen LogP contribution in [0.25, 0.3) is 0 Å². The number of hydrogen-bond acceptors (Lipinski definition) is 3. The first-order valence-corrected chi connectivity index (χ1v) is 5.33. The van der Waals surface area contributed by atoms with Gasteiger partial charge in [0.1, 0.15) is 5.84 Å². The van der Waals surface area contributed by atoms with Crippen LogP contribution >= 0.6 is 0 Å². The molecule has 0 aromatic heterocycles. The number of nitrogens with two attached hydrogens (primary N) is 1. The Hall–Kier alpha value is -1.71. The maximum Gasteiger partial charge on any atom is 0.141 e. The van der Waals surface area contributed by atoms with Gasteiger partial charge in [0.25, 0.3) is 0 Å². The van der Waals surface area contributed by atoms with E-state index in [2.05, 4.69) is 36.5 Å². The Morgan fingerprint density at radius 1 is 1.44 bits per heavy atom. The summed E-state index contributed by atoms with van der Waals surface area (Å²) in [5, 5.41) is 14.7. The van der Waals surface area contributed by atoms with Gasteiger partial charge < -0.3 is 16.3 Å². The molecule has 4 N–H and O–H groups in total. The van der Waals surface area contributed by atoms with Crippen molar-refractivity contribution in [3.8, 4) is 0 Å². The SMILES string of the molecule is Cc1ccc(NC(C)CC(N)=NO)cc1C. The zero-order valence-corrected chi connectivity index (χ0v) is 9.99. The van der Waals surface area contributed by atoms with Crippen molar-refractivity contribution in [2.45, 2.75) is 33.2 Å². The highest BCUT2D eigenvalue weighted by Gasteiger charge is 2.05. The molecule has 0 heterocycles. The van der Waals surface area contributed by atoms with Gasteiger partial charge in [-0.25, -0.2) is 0 Å². The third-order valence-corrected chi connectivity index (χ3v) is 2.56. The van der Waals surface area contributed by atoms with E-state index in [4.69, 9.17) is 10.9 Å². The van der Waals surface area contributed by atoms with E-state index in [1.165, 1.54) is 11.1 Å². The molecular formula is C12H19N3O. The summed E-state index contributed by atoms with van der Waals surface area (Å²) in [6.45, 7) is 6.15. The van der Waals surface area contributed by atoms with Crippen LogP contribution in [-0.2, 0) is 0 Å². The molecule has 0 radical (unpaired) electrons. The van der Waals surface area contributed by atoms with Gasteiger partial charge in [-0.2, -0.15) is 0 Å². The van der Waals surface area contributed by atoms with E-state index in [0.29, 0.717) is 6.42 Å².